The minimum atomic E-state index is -0.0619. The predicted molar refractivity (Wildman–Crippen MR) is 253 cm³/mol. The van der Waals surface area contributed by atoms with Gasteiger partial charge in [-0.25, -0.2) is 0 Å². The number of hydrogen-bond donors (Lipinski definition) is 0. The Labute approximate surface area is 345 Å². The molecule has 0 fully saturated rings. The molecule has 59 heavy (non-hydrogen) atoms. The largest absolute Gasteiger partial charge is 0.0836 e. The minimum absolute atomic E-state index is 0.0619. The lowest BCUT2D eigenvalue weighted by molar-refractivity contribution is 0.660. The molecule has 2 aliphatic carbocycles. The normalized spacial score (nSPS) is 13.9. The smallest absolute Gasteiger partial charge is 0.0159 e. The molecule has 278 valence electrons. The molecule has 0 bridgehead atoms. The van der Waals surface area contributed by atoms with E-state index in [1.807, 2.05) is 0 Å². The molecule has 2 aliphatic rings. The minimum Gasteiger partial charge on any atom is -0.0836 e. The van der Waals surface area contributed by atoms with E-state index in [0.29, 0.717) is 0 Å². The summed E-state index contributed by atoms with van der Waals surface area (Å²) in [5, 5.41) is 10.3. The Balaban J connectivity index is 1.02. The Kier molecular flexibility index (Phi) is 7.50. The zero-order valence-corrected chi connectivity index (χ0v) is 33.4. The van der Waals surface area contributed by atoms with Crippen LogP contribution in [-0.4, -0.2) is 0 Å². The van der Waals surface area contributed by atoms with E-state index in [9.17, 15) is 0 Å². The highest BCUT2D eigenvalue weighted by molar-refractivity contribution is 6.22. The second kappa shape index (κ2) is 13.0. The Morgan fingerprint density at radius 3 is 1.47 bits per heavy atom. The molecular weight excluding hydrogens is 709 g/mol. The lowest BCUT2D eigenvalue weighted by atomic mass is 9.80. The van der Waals surface area contributed by atoms with E-state index in [0.717, 1.165) is 12.8 Å². The maximum absolute atomic E-state index is 2.47. The fourth-order valence-corrected chi connectivity index (χ4v) is 10.8. The summed E-state index contributed by atoms with van der Waals surface area (Å²) in [5.74, 6) is 0. The van der Waals surface area contributed by atoms with Gasteiger partial charge in [-0.2, -0.15) is 0 Å². The Morgan fingerprint density at radius 1 is 0.373 bits per heavy atom. The Morgan fingerprint density at radius 2 is 0.847 bits per heavy atom. The highest BCUT2D eigenvalue weighted by Crippen LogP contribution is 2.52. The highest BCUT2D eigenvalue weighted by atomic mass is 14.4. The molecule has 0 aromatic heterocycles. The van der Waals surface area contributed by atoms with E-state index >= 15 is 0 Å². The maximum atomic E-state index is 2.47. The van der Waals surface area contributed by atoms with Crippen LogP contribution in [0, 0.1) is 0 Å². The molecule has 0 radical (unpaired) electrons. The van der Waals surface area contributed by atoms with E-state index in [1.54, 1.807) is 0 Å². The molecule has 12 rings (SSSR count). The van der Waals surface area contributed by atoms with Crippen molar-refractivity contribution in [1.29, 1.82) is 0 Å². The second-order valence-electron chi connectivity index (χ2n) is 17.0. The van der Waals surface area contributed by atoms with Gasteiger partial charge in [-0.05, 0) is 152 Å². The van der Waals surface area contributed by atoms with Crippen LogP contribution in [0.1, 0.15) is 42.5 Å². The maximum Gasteiger partial charge on any atom is 0.0159 e. The molecule has 0 unspecified atom stereocenters. The number of rotatable bonds is 4. The molecular formula is C59H42. The molecule has 10 aromatic rings. The van der Waals surface area contributed by atoms with Gasteiger partial charge in [0.25, 0.3) is 0 Å². The summed E-state index contributed by atoms with van der Waals surface area (Å²) in [6, 6.07) is 68.4. The van der Waals surface area contributed by atoms with Gasteiger partial charge in [-0.1, -0.05) is 190 Å². The first-order chi connectivity index (χ1) is 29.0. The predicted octanol–water partition coefficient (Wildman–Crippen LogP) is 16.2. The van der Waals surface area contributed by atoms with E-state index in [1.165, 1.54) is 121 Å². The number of allylic oxidation sites excluding steroid dienone is 1. The molecule has 0 heteroatoms. The van der Waals surface area contributed by atoms with Crippen molar-refractivity contribution in [2.45, 2.75) is 32.1 Å². The SMILES string of the molecule is CC1(C)c2ccccc2-c2ccc(-c3c4ccccc4c(-c4ccc5cc(-c6c7c(c(-c8ccccc8)c8ccccc68)C=CCC7)ccc5c4)c4ccccc34)cc21. The van der Waals surface area contributed by atoms with E-state index in [-0.39, 0.29) is 5.41 Å². The van der Waals surface area contributed by atoms with Gasteiger partial charge in [0.15, 0.2) is 0 Å². The molecule has 0 saturated heterocycles. The number of benzene rings is 10. The van der Waals surface area contributed by atoms with E-state index < -0.39 is 0 Å². The fourth-order valence-electron chi connectivity index (χ4n) is 10.8. The molecule has 0 atom stereocenters. The standard InChI is InChI=1S/C59H42/c1-59(2)53-27-15-14-18-43(53)44-33-32-42(36-54(44)59)58-51-25-12-10-23-49(51)57(50-24-11-13-26-52(50)58)41-31-29-38-34-40(30-28-39(38)35-41)56-47-21-8-6-19-45(47)55(37-16-4-3-5-17-37)46-20-7-9-22-48(46)56/h3-8,10-21,23-36H,9,22H2,1-2H3. The van der Waals surface area contributed by atoms with Crippen molar-refractivity contribution in [2.75, 3.05) is 0 Å². The number of hydrogen-bond acceptors (Lipinski definition) is 0. The van der Waals surface area contributed by atoms with Crippen molar-refractivity contribution in [3.8, 4) is 55.6 Å². The summed E-state index contributed by atoms with van der Waals surface area (Å²) < 4.78 is 0. The van der Waals surface area contributed by atoms with Gasteiger partial charge < -0.3 is 0 Å². The van der Waals surface area contributed by atoms with Gasteiger partial charge in [0, 0.05) is 5.41 Å². The summed E-state index contributed by atoms with van der Waals surface area (Å²) >= 11 is 0. The first-order valence-corrected chi connectivity index (χ1v) is 21.1. The second-order valence-corrected chi connectivity index (χ2v) is 17.0. The molecule has 0 heterocycles. The third-order valence-corrected chi connectivity index (χ3v) is 13.5. The first-order valence-electron chi connectivity index (χ1n) is 21.1. The van der Waals surface area contributed by atoms with Crippen LogP contribution in [0.2, 0.25) is 0 Å². The van der Waals surface area contributed by atoms with Crippen molar-refractivity contribution < 1.29 is 0 Å². The van der Waals surface area contributed by atoms with Crippen LogP contribution in [0.3, 0.4) is 0 Å². The lowest BCUT2D eigenvalue weighted by Crippen LogP contribution is -2.14. The van der Waals surface area contributed by atoms with Crippen LogP contribution in [0.4, 0.5) is 0 Å². The Hall–Kier alpha value is -7.02. The molecule has 0 aliphatic heterocycles. The van der Waals surface area contributed by atoms with Crippen molar-refractivity contribution in [3.63, 3.8) is 0 Å². The van der Waals surface area contributed by atoms with Gasteiger partial charge in [0.2, 0.25) is 0 Å². The average Bonchev–Trinajstić information content (AvgIpc) is 3.52. The van der Waals surface area contributed by atoms with E-state index in [2.05, 4.69) is 208 Å². The van der Waals surface area contributed by atoms with Crippen LogP contribution in [0.15, 0.2) is 188 Å². The van der Waals surface area contributed by atoms with Crippen LogP contribution in [0.5, 0.6) is 0 Å². The topological polar surface area (TPSA) is 0 Å². The molecule has 0 N–H and O–H groups in total. The summed E-state index contributed by atoms with van der Waals surface area (Å²) in [6.07, 6.45) is 6.81. The molecule has 0 nitrogen and oxygen atoms in total. The van der Waals surface area contributed by atoms with Crippen LogP contribution in [-0.2, 0) is 11.8 Å². The zero-order valence-electron chi connectivity index (χ0n) is 33.4. The third kappa shape index (κ3) is 5.09. The molecule has 10 aromatic carbocycles. The number of fused-ring (bicyclic) bond motifs is 8. The van der Waals surface area contributed by atoms with Crippen molar-refractivity contribution in [3.05, 3.63) is 210 Å². The fraction of sp³-hybridized carbons (Fsp3) is 0.0847. The van der Waals surface area contributed by atoms with Gasteiger partial charge >= 0.3 is 0 Å². The van der Waals surface area contributed by atoms with Crippen molar-refractivity contribution in [2.24, 2.45) is 0 Å². The van der Waals surface area contributed by atoms with Gasteiger partial charge in [0.1, 0.15) is 0 Å². The quantitative estimate of drug-likeness (QED) is 0.157. The van der Waals surface area contributed by atoms with Crippen molar-refractivity contribution in [1.82, 2.24) is 0 Å². The van der Waals surface area contributed by atoms with Crippen molar-refractivity contribution >= 4 is 49.2 Å². The summed E-state index contributed by atoms with van der Waals surface area (Å²) in [6.45, 7) is 4.75. The molecule has 0 spiro atoms. The zero-order chi connectivity index (χ0) is 39.2. The first kappa shape index (κ1) is 34.1. The van der Waals surface area contributed by atoms with Crippen LogP contribution < -0.4 is 0 Å². The van der Waals surface area contributed by atoms with Crippen LogP contribution in [0.25, 0.3) is 105 Å². The van der Waals surface area contributed by atoms with E-state index in [4.69, 9.17) is 0 Å². The van der Waals surface area contributed by atoms with Gasteiger partial charge in [0.05, 0.1) is 0 Å². The molecule has 0 saturated carbocycles. The summed E-state index contributed by atoms with van der Waals surface area (Å²) in [7, 11) is 0. The Bertz CT molecular complexity index is 3340. The lowest BCUT2D eigenvalue weighted by Gasteiger charge is -2.24. The van der Waals surface area contributed by atoms with Gasteiger partial charge in [-0.3, -0.25) is 0 Å². The highest BCUT2D eigenvalue weighted by Gasteiger charge is 2.35. The van der Waals surface area contributed by atoms with Crippen LogP contribution >= 0.6 is 0 Å². The monoisotopic (exact) mass is 750 g/mol. The summed E-state index contributed by atoms with van der Waals surface area (Å²) in [4.78, 5) is 0. The average molecular weight is 751 g/mol. The summed E-state index contributed by atoms with van der Waals surface area (Å²) in [5.41, 5.74) is 18.7. The van der Waals surface area contributed by atoms with Gasteiger partial charge in [-0.15, -0.1) is 0 Å². The third-order valence-electron chi connectivity index (χ3n) is 13.5. The molecule has 0 amide bonds.